The van der Waals surface area contributed by atoms with Gasteiger partial charge in [0.25, 0.3) is 5.91 Å². The molecule has 0 aromatic carbocycles. The molecule has 0 radical (unpaired) electrons. The van der Waals surface area contributed by atoms with Crippen molar-refractivity contribution >= 4 is 17.4 Å². The number of piperidine rings is 1. The summed E-state index contributed by atoms with van der Waals surface area (Å²) in [6, 6.07) is 4.04. The lowest BCUT2D eigenvalue weighted by atomic mass is 9.97. The van der Waals surface area contributed by atoms with Gasteiger partial charge in [0.2, 0.25) is 0 Å². The van der Waals surface area contributed by atoms with Gasteiger partial charge in [0.1, 0.15) is 11.5 Å². The molecular weight excluding hydrogens is 312 g/mol. The van der Waals surface area contributed by atoms with Crippen molar-refractivity contribution in [1.82, 2.24) is 19.8 Å². The third kappa shape index (κ3) is 3.97. The van der Waals surface area contributed by atoms with E-state index in [4.69, 9.17) is 4.42 Å². The molecule has 6 nitrogen and oxygen atoms in total. The van der Waals surface area contributed by atoms with Crippen LogP contribution in [0.4, 0.5) is 0 Å². The van der Waals surface area contributed by atoms with Crippen molar-refractivity contribution in [3.8, 4) is 0 Å². The van der Waals surface area contributed by atoms with E-state index < -0.39 is 0 Å². The lowest BCUT2D eigenvalue weighted by Crippen LogP contribution is -2.41. The average molecular weight is 334 g/mol. The molecule has 1 aliphatic heterocycles. The minimum Gasteiger partial charge on any atom is -0.465 e. The summed E-state index contributed by atoms with van der Waals surface area (Å²) in [5.41, 5.74) is 0.372. The molecule has 0 aliphatic carbocycles. The third-order valence-electron chi connectivity index (χ3n) is 4.40. The van der Waals surface area contributed by atoms with Gasteiger partial charge >= 0.3 is 0 Å². The fourth-order valence-electron chi connectivity index (χ4n) is 2.93. The number of aromatic nitrogens is 2. The van der Waals surface area contributed by atoms with E-state index >= 15 is 0 Å². The van der Waals surface area contributed by atoms with E-state index in [1.165, 1.54) is 24.4 Å². The van der Waals surface area contributed by atoms with Gasteiger partial charge in [-0.15, -0.1) is 5.10 Å². The number of hydrogen-bond acceptors (Lipinski definition) is 6. The van der Waals surface area contributed by atoms with Gasteiger partial charge in [0.05, 0.1) is 6.04 Å². The second-order valence-corrected chi connectivity index (χ2v) is 6.79. The summed E-state index contributed by atoms with van der Waals surface area (Å²) in [4.78, 5) is 14.5. The number of carbonyl (C=O) groups is 1. The molecule has 1 aliphatic rings. The fourth-order valence-corrected chi connectivity index (χ4v) is 3.36. The number of nitrogens with one attached hydrogen (secondary N) is 1. The summed E-state index contributed by atoms with van der Waals surface area (Å²) < 4.78 is 9.56. The number of hydrogen-bond donors (Lipinski definition) is 1. The number of amides is 1. The quantitative estimate of drug-likeness (QED) is 0.910. The first-order valence-electron chi connectivity index (χ1n) is 7.99. The van der Waals surface area contributed by atoms with E-state index in [-0.39, 0.29) is 11.9 Å². The predicted molar refractivity (Wildman–Crippen MR) is 88.4 cm³/mol. The summed E-state index contributed by atoms with van der Waals surface area (Å²) in [6.45, 7) is 6.80. The molecule has 3 rings (SSSR count). The number of furan rings is 1. The molecule has 2 aromatic heterocycles. The van der Waals surface area contributed by atoms with Gasteiger partial charge < -0.3 is 9.73 Å². The Morgan fingerprint density at radius 2 is 2.26 bits per heavy atom. The van der Waals surface area contributed by atoms with Gasteiger partial charge in [-0.3, -0.25) is 9.69 Å². The standard InChI is InChI=1S/C16H22N4O2S/c1-11-5-7-20(8-6-11)14(15-4-3-12(2)22-15)9-17-16(21)13-10-23-19-18-13/h3-4,10-11,14H,5-9H2,1-2H3,(H,17,21)/t14-/m1/s1. The van der Waals surface area contributed by atoms with Crippen LogP contribution in [-0.2, 0) is 0 Å². The van der Waals surface area contributed by atoms with Crippen molar-refractivity contribution in [2.75, 3.05) is 19.6 Å². The zero-order chi connectivity index (χ0) is 16.2. The van der Waals surface area contributed by atoms with Crippen molar-refractivity contribution in [3.05, 3.63) is 34.7 Å². The SMILES string of the molecule is Cc1ccc([C@@H](CNC(=O)c2csnn2)N2CCC(C)CC2)o1. The van der Waals surface area contributed by atoms with Crippen molar-refractivity contribution in [3.63, 3.8) is 0 Å². The molecule has 1 atom stereocenters. The van der Waals surface area contributed by atoms with E-state index in [1.54, 1.807) is 5.38 Å². The van der Waals surface area contributed by atoms with E-state index in [0.717, 1.165) is 30.5 Å². The highest BCUT2D eigenvalue weighted by molar-refractivity contribution is 7.03. The maximum Gasteiger partial charge on any atom is 0.272 e. The van der Waals surface area contributed by atoms with Gasteiger partial charge in [-0.1, -0.05) is 11.4 Å². The van der Waals surface area contributed by atoms with Crippen LogP contribution >= 0.6 is 11.5 Å². The van der Waals surface area contributed by atoms with Crippen molar-refractivity contribution in [2.24, 2.45) is 5.92 Å². The van der Waals surface area contributed by atoms with Crippen LogP contribution in [0.3, 0.4) is 0 Å². The van der Waals surface area contributed by atoms with Crippen LogP contribution in [0.1, 0.15) is 47.8 Å². The molecule has 3 heterocycles. The molecule has 1 N–H and O–H groups in total. The predicted octanol–water partition coefficient (Wildman–Crippen LogP) is 2.64. The van der Waals surface area contributed by atoms with Gasteiger partial charge in [-0.25, -0.2) is 0 Å². The molecule has 0 bridgehead atoms. The number of rotatable bonds is 5. The molecule has 1 amide bonds. The average Bonchev–Trinajstić information content (AvgIpc) is 3.21. The van der Waals surface area contributed by atoms with E-state index in [9.17, 15) is 4.79 Å². The Hall–Kier alpha value is -1.73. The second kappa shape index (κ2) is 7.23. The lowest BCUT2D eigenvalue weighted by molar-refractivity contribution is 0.0890. The molecule has 0 spiro atoms. The number of likely N-dealkylation sites (tertiary alicyclic amines) is 1. The molecule has 2 aromatic rings. The van der Waals surface area contributed by atoms with Crippen molar-refractivity contribution < 1.29 is 9.21 Å². The normalized spacial score (nSPS) is 18.0. The number of carbonyl (C=O) groups excluding carboxylic acids is 1. The van der Waals surface area contributed by atoms with Crippen LogP contribution in [0.15, 0.2) is 21.9 Å². The largest absolute Gasteiger partial charge is 0.465 e. The van der Waals surface area contributed by atoms with Crippen molar-refractivity contribution in [2.45, 2.75) is 32.7 Å². The molecule has 7 heteroatoms. The summed E-state index contributed by atoms with van der Waals surface area (Å²) in [6.07, 6.45) is 2.36. The third-order valence-corrected chi connectivity index (χ3v) is 4.90. The minimum absolute atomic E-state index is 0.0618. The molecule has 23 heavy (non-hydrogen) atoms. The van der Waals surface area contributed by atoms with E-state index in [0.29, 0.717) is 12.2 Å². The van der Waals surface area contributed by atoms with Crippen LogP contribution < -0.4 is 5.32 Å². The molecule has 1 saturated heterocycles. The molecule has 1 fully saturated rings. The topological polar surface area (TPSA) is 71.3 Å². The maximum absolute atomic E-state index is 12.1. The van der Waals surface area contributed by atoms with Crippen molar-refractivity contribution in [1.29, 1.82) is 0 Å². The zero-order valence-electron chi connectivity index (χ0n) is 13.5. The Kier molecular flexibility index (Phi) is 5.07. The highest BCUT2D eigenvalue weighted by atomic mass is 32.1. The fraction of sp³-hybridized carbons (Fsp3) is 0.562. The first-order valence-corrected chi connectivity index (χ1v) is 8.83. The van der Waals surface area contributed by atoms with E-state index in [2.05, 4.69) is 26.7 Å². The molecule has 124 valence electrons. The Morgan fingerprint density at radius 1 is 1.48 bits per heavy atom. The van der Waals surface area contributed by atoms with Crippen LogP contribution in [0.5, 0.6) is 0 Å². The van der Waals surface area contributed by atoms with Gasteiger partial charge in [-0.05, 0) is 62.4 Å². The maximum atomic E-state index is 12.1. The summed E-state index contributed by atoms with van der Waals surface area (Å²) >= 11 is 1.18. The highest BCUT2D eigenvalue weighted by Crippen LogP contribution is 2.27. The first kappa shape index (κ1) is 16.1. The Balaban J connectivity index is 1.69. The second-order valence-electron chi connectivity index (χ2n) is 6.18. The Labute approximate surface area is 140 Å². The summed E-state index contributed by atoms with van der Waals surface area (Å²) in [7, 11) is 0. The number of aryl methyl sites for hydroxylation is 1. The Bertz CT molecular complexity index is 632. The van der Waals surface area contributed by atoms with Crippen LogP contribution in [0, 0.1) is 12.8 Å². The first-order chi connectivity index (χ1) is 11.1. The van der Waals surface area contributed by atoms with Gasteiger partial charge in [0.15, 0.2) is 5.69 Å². The van der Waals surface area contributed by atoms with Crippen LogP contribution in [0.2, 0.25) is 0 Å². The van der Waals surface area contributed by atoms with Crippen LogP contribution in [-0.4, -0.2) is 40.0 Å². The van der Waals surface area contributed by atoms with Crippen LogP contribution in [0.25, 0.3) is 0 Å². The molecule has 0 saturated carbocycles. The lowest BCUT2D eigenvalue weighted by Gasteiger charge is -2.35. The van der Waals surface area contributed by atoms with E-state index in [1.807, 2.05) is 19.1 Å². The molecular formula is C16H22N4O2S. The highest BCUT2D eigenvalue weighted by Gasteiger charge is 2.27. The smallest absolute Gasteiger partial charge is 0.272 e. The Morgan fingerprint density at radius 3 is 2.87 bits per heavy atom. The molecule has 0 unspecified atom stereocenters. The minimum atomic E-state index is -0.183. The summed E-state index contributed by atoms with van der Waals surface area (Å²) in [5.74, 6) is 2.39. The summed E-state index contributed by atoms with van der Waals surface area (Å²) in [5, 5.41) is 8.43. The number of nitrogens with zero attached hydrogens (tertiary/aromatic N) is 3. The zero-order valence-corrected chi connectivity index (χ0v) is 14.3. The van der Waals surface area contributed by atoms with Gasteiger partial charge in [-0.2, -0.15) is 0 Å². The monoisotopic (exact) mass is 334 g/mol. The van der Waals surface area contributed by atoms with Gasteiger partial charge in [0, 0.05) is 11.9 Å².